The predicted molar refractivity (Wildman–Crippen MR) is 82.5 cm³/mol. The smallest absolute Gasteiger partial charge is 0.0929 e. The van der Waals surface area contributed by atoms with Gasteiger partial charge in [-0.25, -0.2) is 0 Å². The minimum atomic E-state index is -0.127. The number of unbranched alkanes of at least 4 members (excludes halogenated alkanes) is 10. The molecule has 102 valence electrons. The zero-order chi connectivity index (χ0) is 12.8. The Kier molecular flexibility index (Phi) is 15.6. The maximum atomic E-state index is 5.69. The maximum absolute atomic E-state index is 5.69. The molecule has 0 aromatic heterocycles. The van der Waals surface area contributed by atoms with E-state index in [-0.39, 0.29) is 4.46 Å². The molecule has 0 aliphatic heterocycles. The summed E-state index contributed by atoms with van der Waals surface area (Å²) in [5, 5.41) is 0. The van der Waals surface area contributed by atoms with E-state index < -0.39 is 0 Å². The van der Waals surface area contributed by atoms with Gasteiger partial charge in [-0.3, -0.25) is 0 Å². The average molecular weight is 295 g/mol. The summed E-state index contributed by atoms with van der Waals surface area (Å²) in [6, 6.07) is 1.22. The third-order valence-electron chi connectivity index (χ3n) is 3.08. The molecule has 0 bridgehead atoms. The zero-order valence-corrected chi connectivity index (χ0v) is 13.8. The average Bonchev–Trinajstić information content (AvgIpc) is 2.30. The lowest BCUT2D eigenvalue weighted by Gasteiger charge is -2.02. The summed E-state index contributed by atoms with van der Waals surface area (Å²) in [6.07, 6.45) is 15.5. The van der Waals surface area contributed by atoms with Gasteiger partial charge in [0.2, 0.25) is 0 Å². The van der Waals surface area contributed by atoms with Crippen LogP contribution in [0.15, 0.2) is 0 Å². The highest BCUT2D eigenvalue weighted by molar-refractivity contribution is 6.68. The normalized spacial score (nSPS) is 11.3. The van der Waals surface area contributed by atoms with Crippen LogP contribution in [0.1, 0.15) is 77.6 Å². The van der Waals surface area contributed by atoms with Crippen molar-refractivity contribution in [3.05, 3.63) is 0 Å². The lowest BCUT2D eigenvalue weighted by atomic mass is 10.1. The van der Waals surface area contributed by atoms with Gasteiger partial charge in [-0.15, -0.1) is 23.2 Å². The van der Waals surface area contributed by atoms with Crippen molar-refractivity contribution in [2.75, 3.05) is 0 Å². The first-order chi connectivity index (χ1) is 8.27. The van der Waals surface area contributed by atoms with E-state index in [4.69, 9.17) is 23.2 Å². The second kappa shape index (κ2) is 14.9. The second-order valence-electron chi connectivity index (χ2n) is 4.79. The molecule has 0 spiro atoms. The first-order valence-corrected chi connectivity index (χ1v) is 9.44. The Bertz CT molecular complexity index is 140. The van der Waals surface area contributed by atoms with Crippen LogP contribution < -0.4 is 0 Å². The first kappa shape index (κ1) is 17.8. The SMILES string of the molecule is CCCCCCCCCCCCC[Si]C(Cl)Cl. The molecule has 0 aliphatic carbocycles. The van der Waals surface area contributed by atoms with E-state index in [0.717, 1.165) is 9.52 Å². The molecule has 0 aliphatic rings. The van der Waals surface area contributed by atoms with Crippen molar-refractivity contribution in [3.8, 4) is 0 Å². The summed E-state index contributed by atoms with van der Waals surface area (Å²) in [4.78, 5) is 0. The summed E-state index contributed by atoms with van der Waals surface area (Å²) in [6.45, 7) is 2.28. The van der Waals surface area contributed by atoms with E-state index in [1.165, 1.54) is 76.7 Å². The molecule has 0 heterocycles. The minimum Gasteiger partial charge on any atom is -0.110 e. The van der Waals surface area contributed by atoms with E-state index in [0.29, 0.717) is 0 Å². The molecule has 0 aromatic rings. The maximum Gasteiger partial charge on any atom is 0.0929 e. The molecule has 3 heteroatoms. The fraction of sp³-hybridized carbons (Fsp3) is 1.00. The molecule has 0 saturated carbocycles. The number of halogens is 2. The van der Waals surface area contributed by atoms with Gasteiger partial charge in [0.05, 0.1) is 14.0 Å². The van der Waals surface area contributed by atoms with Crippen molar-refractivity contribution >= 4 is 32.7 Å². The minimum absolute atomic E-state index is 0.127. The molecule has 0 rings (SSSR count). The molecule has 0 nitrogen and oxygen atoms in total. The van der Waals surface area contributed by atoms with Crippen molar-refractivity contribution in [2.45, 2.75) is 88.1 Å². The Morgan fingerprint density at radius 3 is 1.53 bits per heavy atom. The van der Waals surface area contributed by atoms with E-state index in [1.807, 2.05) is 0 Å². The summed E-state index contributed by atoms with van der Waals surface area (Å²) < 4.78 is -0.127. The molecule has 0 aromatic carbocycles. The van der Waals surface area contributed by atoms with Crippen LogP contribution in [0.25, 0.3) is 0 Å². The highest BCUT2D eigenvalue weighted by Crippen LogP contribution is 2.12. The number of hydrogen-bond acceptors (Lipinski definition) is 0. The summed E-state index contributed by atoms with van der Waals surface area (Å²) in [5.74, 6) is 0. The fourth-order valence-corrected chi connectivity index (χ4v) is 3.33. The number of rotatable bonds is 13. The Morgan fingerprint density at radius 1 is 0.706 bits per heavy atom. The summed E-state index contributed by atoms with van der Waals surface area (Å²) in [5.41, 5.74) is 0. The van der Waals surface area contributed by atoms with Gasteiger partial charge < -0.3 is 0 Å². The van der Waals surface area contributed by atoms with Gasteiger partial charge in [0.15, 0.2) is 0 Å². The van der Waals surface area contributed by atoms with Gasteiger partial charge in [-0.1, -0.05) is 83.6 Å². The lowest BCUT2D eigenvalue weighted by molar-refractivity contribution is 0.554. The molecular weight excluding hydrogens is 267 g/mol. The van der Waals surface area contributed by atoms with Gasteiger partial charge in [0.25, 0.3) is 0 Å². The number of hydrogen-bond donors (Lipinski definition) is 0. The van der Waals surface area contributed by atoms with Crippen LogP contribution in [-0.4, -0.2) is 14.0 Å². The lowest BCUT2D eigenvalue weighted by Crippen LogP contribution is -1.99. The van der Waals surface area contributed by atoms with Crippen LogP contribution in [0.5, 0.6) is 0 Å². The molecule has 0 N–H and O–H groups in total. The summed E-state index contributed by atoms with van der Waals surface area (Å²) in [7, 11) is 0.731. The second-order valence-corrected chi connectivity index (χ2v) is 8.10. The molecule has 0 unspecified atom stereocenters. The molecule has 17 heavy (non-hydrogen) atoms. The first-order valence-electron chi connectivity index (χ1n) is 7.29. The Labute approximate surface area is 121 Å². The van der Waals surface area contributed by atoms with Crippen molar-refractivity contribution in [1.29, 1.82) is 0 Å². The molecule has 0 saturated heterocycles. The van der Waals surface area contributed by atoms with Crippen molar-refractivity contribution in [2.24, 2.45) is 0 Å². The van der Waals surface area contributed by atoms with Gasteiger partial charge in [0.1, 0.15) is 0 Å². The van der Waals surface area contributed by atoms with Gasteiger partial charge in [-0.05, 0) is 0 Å². The van der Waals surface area contributed by atoms with Crippen molar-refractivity contribution in [3.63, 3.8) is 0 Å². The number of alkyl halides is 2. The van der Waals surface area contributed by atoms with Crippen LogP contribution >= 0.6 is 23.2 Å². The van der Waals surface area contributed by atoms with Crippen LogP contribution in [0.4, 0.5) is 0 Å². The standard InChI is InChI=1S/C14H28Cl2Si/c1-2-3-4-5-6-7-8-9-10-11-12-13-17-14(15)16/h14H,2-13H2,1H3. The molecule has 0 fully saturated rings. The van der Waals surface area contributed by atoms with E-state index in [2.05, 4.69) is 6.92 Å². The quantitative estimate of drug-likeness (QED) is 0.216. The molecule has 0 amide bonds. The molecular formula is C14H28Cl2Si. The highest BCUT2D eigenvalue weighted by atomic mass is 35.5. The fourth-order valence-electron chi connectivity index (χ4n) is 2.00. The summed E-state index contributed by atoms with van der Waals surface area (Å²) >= 11 is 11.4. The monoisotopic (exact) mass is 294 g/mol. The Hall–Kier alpha value is 0.797. The van der Waals surface area contributed by atoms with Gasteiger partial charge in [-0.2, -0.15) is 0 Å². The van der Waals surface area contributed by atoms with E-state index >= 15 is 0 Å². The topological polar surface area (TPSA) is 0 Å². The zero-order valence-electron chi connectivity index (χ0n) is 11.3. The molecule has 0 atom stereocenters. The van der Waals surface area contributed by atoms with Crippen molar-refractivity contribution < 1.29 is 0 Å². The Morgan fingerprint density at radius 2 is 1.12 bits per heavy atom. The van der Waals surface area contributed by atoms with Crippen LogP contribution in [0.3, 0.4) is 0 Å². The van der Waals surface area contributed by atoms with Crippen LogP contribution in [-0.2, 0) is 0 Å². The van der Waals surface area contributed by atoms with Crippen LogP contribution in [0.2, 0.25) is 6.04 Å². The predicted octanol–water partition coefficient (Wildman–Crippen LogP) is 6.18. The van der Waals surface area contributed by atoms with E-state index in [9.17, 15) is 0 Å². The largest absolute Gasteiger partial charge is 0.110 e. The van der Waals surface area contributed by atoms with Gasteiger partial charge >= 0.3 is 0 Å². The third-order valence-corrected chi connectivity index (χ3v) is 4.96. The van der Waals surface area contributed by atoms with Gasteiger partial charge in [0, 0.05) is 0 Å². The third kappa shape index (κ3) is 16.8. The molecule has 2 radical (unpaired) electrons. The van der Waals surface area contributed by atoms with Crippen LogP contribution in [0, 0.1) is 0 Å². The highest BCUT2D eigenvalue weighted by Gasteiger charge is 1.99. The van der Waals surface area contributed by atoms with Crippen molar-refractivity contribution in [1.82, 2.24) is 0 Å². The van der Waals surface area contributed by atoms with E-state index in [1.54, 1.807) is 0 Å². The Balaban J connectivity index is 2.89.